The lowest BCUT2D eigenvalue weighted by atomic mass is 9.94. The van der Waals surface area contributed by atoms with Crippen LogP contribution in [0.3, 0.4) is 0 Å². The summed E-state index contributed by atoms with van der Waals surface area (Å²) in [5.74, 6) is 1.80. The van der Waals surface area contributed by atoms with Crippen molar-refractivity contribution in [3.8, 4) is 45.5 Å². The zero-order chi connectivity index (χ0) is 40.7. The first-order chi connectivity index (χ1) is 30.8. The maximum atomic E-state index is 5.30. The van der Waals surface area contributed by atoms with Gasteiger partial charge >= 0.3 is 0 Å². The first kappa shape index (κ1) is 34.5. The van der Waals surface area contributed by atoms with E-state index in [-0.39, 0.29) is 0 Å². The van der Waals surface area contributed by atoms with Gasteiger partial charge in [0.25, 0.3) is 0 Å². The highest BCUT2D eigenvalue weighted by atomic mass is 15.2. The van der Waals surface area contributed by atoms with Crippen molar-refractivity contribution in [3.05, 3.63) is 212 Å². The molecule has 0 aliphatic rings. The number of benzene rings is 10. The summed E-state index contributed by atoms with van der Waals surface area (Å²) in [6.45, 7) is 0. The van der Waals surface area contributed by atoms with Crippen LogP contribution in [0.1, 0.15) is 0 Å². The summed E-state index contributed by atoms with van der Waals surface area (Å²) in [7, 11) is 0. The molecule has 0 aliphatic carbocycles. The third-order valence-electron chi connectivity index (χ3n) is 12.6. The lowest BCUT2D eigenvalue weighted by molar-refractivity contribution is 0.953. The van der Waals surface area contributed by atoms with Crippen molar-refractivity contribution in [1.29, 1.82) is 0 Å². The Balaban J connectivity index is 1.09. The molecule has 5 heteroatoms. The van der Waals surface area contributed by atoms with Crippen LogP contribution < -0.4 is 0 Å². The Morgan fingerprint density at radius 3 is 1.37 bits per heavy atom. The van der Waals surface area contributed by atoms with E-state index in [2.05, 4.69) is 197 Å². The Morgan fingerprint density at radius 1 is 0.274 bits per heavy atom. The Kier molecular flexibility index (Phi) is 7.54. The molecule has 0 N–H and O–H groups in total. The molecule has 0 fully saturated rings. The molecule has 13 aromatic rings. The van der Waals surface area contributed by atoms with Crippen LogP contribution in [0.15, 0.2) is 212 Å². The van der Waals surface area contributed by atoms with Gasteiger partial charge in [-0.15, -0.1) is 0 Å². The van der Waals surface area contributed by atoms with Crippen LogP contribution in [-0.2, 0) is 0 Å². The van der Waals surface area contributed by atoms with Crippen LogP contribution in [-0.4, -0.2) is 24.1 Å². The normalized spacial score (nSPS) is 11.9. The van der Waals surface area contributed by atoms with Crippen molar-refractivity contribution in [2.24, 2.45) is 0 Å². The molecule has 0 saturated heterocycles. The fourth-order valence-corrected chi connectivity index (χ4v) is 9.78. The molecule has 0 saturated carbocycles. The van der Waals surface area contributed by atoms with Gasteiger partial charge in [-0.3, -0.25) is 4.57 Å². The topological polar surface area (TPSA) is 48.5 Å². The molecule has 13 rings (SSSR count). The second kappa shape index (κ2) is 13.6. The van der Waals surface area contributed by atoms with Crippen LogP contribution in [0.2, 0.25) is 0 Å². The summed E-state index contributed by atoms with van der Waals surface area (Å²) in [5.41, 5.74) is 9.63. The zero-order valence-corrected chi connectivity index (χ0v) is 33.4. The average Bonchev–Trinajstić information content (AvgIpc) is 3.87. The lowest BCUT2D eigenvalue weighted by Gasteiger charge is -2.14. The molecule has 3 aromatic heterocycles. The van der Waals surface area contributed by atoms with Gasteiger partial charge in [0.15, 0.2) is 11.6 Å². The van der Waals surface area contributed by atoms with Gasteiger partial charge in [-0.25, -0.2) is 4.98 Å². The second-order valence-electron chi connectivity index (χ2n) is 16.0. The number of hydrogen-bond donors (Lipinski definition) is 0. The third kappa shape index (κ3) is 5.18. The van der Waals surface area contributed by atoms with Gasteiger partial charge in [0.1, 0.15) is 0 Å². The first-order valence-corrected chi connectivity index (χ1v) is 21.0. The highest BCUT2D eigenvalue weighted by molar-refractivity contribution is 6.28. The Bertz CT molecular complexity index is 3870. The molecule has 0 amide bonds. The Morgan fingerprint density at radius 2 is 0.726 bits per heavy atom. The van der Waals surface area contributed by atoms with Crippen LogP contribution in [0.25, 0.3) is 121 Å². The van der Waals surface area contributed by atoms with E-state index >= 15 is 0 Å². The lowest BCUT2D eigenvalue weighted by Crippen LogP contribution is -2.06. The van der Waals surface area contributed by atoms with Gasteiger partial charge in [0.05, 0.1) is 22.1 Å². The van der Waals surface area contributed by atoms with Crippen molar-refractivity contribution < 1.29 is 0 Å². The largest absolute Gasteiger partial charge is 0.309 e. The predicted molar refractivity (Wildman–Crippen MR) is 257 cm³/mol. The van der Waals surface area contributed by atoms with Gasteiger partial charge in [-0.05, 0) is 73.8 Å². The molecule has 5 nitrogen and oxygen atoms in total. The molecule has 0 aliphatic heterocycles. The Labute approximate surface area is 356 Å². The van der Waals surface area contributed by atoms with E-state index in [1.807, 2.05) is 24.3 Å². The van der Waals surface area contributed by atoms with Gasteiger partial charge < -0.3 is 4.57 Å². The Hall–Kier alpha value is -8.41. The summed E-state index contributed by atoms with van der Waals surface area (Å²) >= 11 is 0. The number of rotatable bonds is 5. The van der Waals surface area contributed by atoms with Crippen molar-refractivity contribution in [2.75, 3.05) is 0 Å². The van der Waals surface area contributed by atoms with E-state index in [0.717, 1.165) is 55.2 Å². The number of hydrogen-bond acceptors (Lipinski definition) is 3. The monoisotopic (exact) mass is 789 g/mol. The maximum Gasteiger partial charge on any atom is 0.238 e. The van der Waals surface area contributed by atoms with Crippen molar-refractivity contribution in [1.82, 2.24) is 24.1 Å². The molecule has 0 radical (unpaired) electrons. The second-order valence-corrected chi connectivity index (χ2v) is 16.0. The van der Waals surface area contributed by atoms with Crippen LogP contribution >= 0.6 is 0 Å². The first-order valence-electron chi connectivity index (χ1n) is 21.0. The van der Waals surface area contributed by atoms with E-state index in [1.54, 1.807) is 0 Å². The number of para-hydroxylation sites is 2. The van der Waals surface area contributed by atoms with Gasteiger partial charge in [0.2, 0.25) is 5.95 Å². The van der Waals surface area contributed by atoms with Crippen molar-refractivity contribution >= 4 is 75.9 Å². The van der Waals surface area contributed by atoms with E-state index in [4.69, 9.17) is 15.0 Å². The molecule has 288 valence electrons. The average molecular weight is 790 g/mol. The number of fused-ring (bicyclic) bond motifs is 13. The molecule has 0 bridgehead atoms. The summed E-state index contributed by atoms with van der Waals surface area (Å²) in [5, 5.41) is 12.2. The van der Waals surface area contributed by atoms with E-state index in [1.165, 1.54) is 48.7 Å². The maximum absolute atomic E-state index is 5.30. The van der Waals surface area contributed by atoms with Crippen LogP contribution in [0, 0.1) is 0 Å². The minimum Gasteiger partial charge on any atom is -0.309 e. The van der Waals surface area contributed by atoms with Crippen LogP contribution in [0.4, 0.5) is 0 Å². The standard InChI is InChI=1S/C57H35N5/c1-3-15-36(16-4-1)37-27-29-39(30-28-37)56-58-55(38-17-5-2-6-18-38)59-57(60-56)62-51-26-14-12-24-48(51)53-52(62)34-33-47-46-23-11-13-25-50(46)61(54(47)53)40-31-32-45-43-21-8-7-19-41(43)42-20-9-10-22-44(42)49(45)35-40/h1-35H. The van der Waals surface area contributed by atoms with Crippen LogP contribution in [0.5, 0.6) is 0 Å². The minimum atomic E-state index is 0.568. The highest BCUT2D eigenvalue weighted by Gasteiger charge is 2.23. The number of aromatic nitrogens is 5. The predicted octanol–water partition coefficient (Wildman–Crippen LogP) is 14.5. The molecular weight excluding hydrogens is 755 g/mol. The summed E-state index contributed by atoms with van der Waals surface area (Å²) in [6, 6.07) is 75.7. The molecule has 0 spiro atoms. The zero-order valence-electron chi connectivity index (χ0n) is 33.4. The molecule has 10 aromatic carbocycles. The van der Waals surface area contributed by atoms with Gasteiger partial charge in [-0.2, -0.15) is 9.97 Å². The fourth-order valence-electron chi connectivity index (χ4n) is 9.78. The smallest absolute Gasteiger partial charge is 0.238 e. The summed E-state index contributed by atoms with van der Waals surface area (Å²) in [4.78, 5) is 15.7. The van der Waals surface area contributed by atoms with Gasteiger partial charge in [0, 0.05) is 38.4 Å². The SMILES string of the molecule is c1ccc(-c2ccc(-c3nc(-c4ccccc4)nc(-n4c5ccccc5c5c4ccc4c6ccccc6n(-c6ccc7c8ccccc8c8ccccc8c7c6)c45)n3)cc2)cc1. The molecular formula is C57H35N5. The minimum absolute atomic E-state index is 0.568. The van der Waals surface area contributed by atoms with Crippen molar-refractivity contribution in [2.45, 2.75) is 0 Å². The highest BCUT2D eigenvalue weighted by Crippen LogP contribution is 2.43. The molecule has 3 heterocycles. The molecule has 0 atom stereocenters. The molecule has 0 unspecified atom stereocenters. The quantitative estimate of drug-likeness (QED) is 0.163. The fraction of sp³-hybridized carbons (Fsp3) is 0. The van der Waals surface area contributed by atoms with E-state index in [9.17, 15) is 0 Å². The van der Waals surface area contributed by atoms with E-state index in [0.29, 0.717) is 17.6 Å². The third-order valence-corrected chi connectivity index (χ3v) is 12.6. The summed E-state index contributed by atoms with van der Waals surface area (Å²) < 4.78 is 4.69. The molecule has 62 heavy (non-hydrogen) atoms. The number of nitrogens with zero attached hydrogens (tertiary/aromatic N) is 5. The van der Waals surface area contributed by atoms with E-state index < -0.39 is 0 Å². The summed E-state index contributed by atoms with van der Waals surface area (Å²) in [6.07, 6.45) is 0. The van der Waals surface area contributed by atoms with Crippen molar-refractivity contribution in [3.63, 3.8) is 0 Å². The van der Waals surface area contributed by atoms with Gasteiger partial charge in [-0.1, -0.05) is 182 Å².